The lowest BCUT2D eigenvalue weighted by atomic mass is 10.1. The molecule has 0 bridgehead atoms. The Hall–Kier alpha value is -2.23. The van der Waals surface area contributed by atoms with E-state index >= 15 is 0 Å². The van der Waals surface area contributed by atoms with E-state index in [-0.39, 0.29) is 5.78 Å². The van der Waals surface area contributed by atoms with Gasteiger partial charge in [0, 0.05) is 21.7 Å². The van der Waals surface area contributed by atoms with Gasteiger partial charge < -0.3 is 0 Å². The van der Waals surface area contributed by atoms with Gasteiger partial charge in [-0.15, -0.1) is 10.2 Å². The Morgan fingerprint density at radius 3 is 2.32 bits per heavy atom. The van der Waals surface area contributed by atoms with Crippen molar-refractivity contribution in [3.63, 3.8) is 0 Å². The predicted octanol–water partition coefficient (Wildman–Crippen LogP) is 4.66. The number of carbonyl (C=O) groups is 1. The largest absolute Gasteiger partial charge is 0.289 e. The van der Waals surface area contributed by atoms with Crippen LogP contribution in [0.2, 0.25) is 10.0 Å². The first-order chi connectivity index (χ1) is 10.6. The highest BCUT2D eigenvalue weighted by Gasteiger charge is 2.28. The summed E-state index contributed by atoms with van der Waals surface area (Å²) in [6.45, 7) is 0. The molecule has 0 radical (unpaired) electrons. The molecule has 0 fully saturated rings. The second-order valence-corrected chi connectivity index (χ2v) is 5.83. The van der Waals surface area contributed by atoms with Gasteiger partial charge in [0.2, 0.25) is 0 Å². The van der Waals surface area contributed by atoms with Gasteiger partial charge in [-0.25, -0.2) is 0 Å². The van der Waals surface area contributed by atoms with E-state index in [0.717, 1.165) is 5.56 Å². The molecule has 0 unspecified atom stereocenters. The maximum absolute atomic E-state index is 12.5. The van der Waals surface area contributed by atoms with Crippen molar-refractivity contribution in [2.24, 2.45) is 0 Å². The summed E-state index contributed by atoms with van der Waals surface area (Å²) >= 11 is 12.1. The summed E-state index contributed by atoms with van der Waals surface area (Å²) in [6, 6.07) is 14.3. The summed E-state index contributed by atoms with van der Waals surface area (Å²) in [6.07, 6.45) is 0. The summed E-state index contributed by atoms with van der Waals surface area (Å²) in [5.41, 5.74) is 3.91. The number of nitrogens with zero attached hydrogens (tertiary/aromatic N) is 2. The minimum Gasteiger partial charge on any atom is -0.289 e. The zero-order valence-corrected chi connectivity index (χ0v) is 12.7. The van der Waals surface area contributed by atoms with Crippen molar-refractivity contribution in [3.8, 4) is 22.5 Å². The number of hydrogen-bond donors (Lipinski definition) is 0. The van der Waals surface area contributed by atoms with Crippen LogP contribution in [0, 0.1) is 0 Å². The molecule has 0 amide bonds. The third-order valence-corrected chi connectivity index (χ3v) is 4.22. The molecule has 3 aromatic rings. The lowest BCUT2D eigenvalue weighted by Gasteiger charge is -2.05. The quantitative estimate of drug-likeness (QED) is 0.510. The summed E-state index contributed by atoms with van der Waals surface area (Å²) in [5, 5.41) is 9.47. The average molecular weight is 327 g/mol. The number of halogens is 2. The molecule has 1 aliphatic rings. The third kappa shape index (κ3) is 1.94. The van der Waals surface area contributed by atoms with Gasteiger partial charge in [-0.2, -0.15) is 0 Å². The number of ketones is 1. The molecule has 3 nitrogen and oxygen atoms in total. The molecule has 1 aromatic heterocycles. The van der Waals surface area contributed by atoms with Crippen molar-refractivity contribution < 1.29 is 4.79 Å². The number of hydrogen-bond acceptors (Lipinski definition) is 3. The molecule has 22 heavy (non-hydrogen) atoms. The molecule has 5 heteroatoms. The van der Waals surface area contributed by atoms with Crippen molar-refractivity contribution in [1.82, 2.24) is 10.2 Å². The van der Waals surface area contributed by atoms with Crippen molar-refractivity contribution in [2.45, 2.75) is 0 Å². The van der Waals surface area contributed by atoms with E-state index < -0.39 is 0 Å². The lowest BCUT2D eigenvalue weighted by molar-refractivity contribution is 0.104. The highest BCUT2D eigenvalue weighted by molar-refractivity contribution is 6.36. The zero-order chi connectivity index (χ0) is 15.3. The Bertz CT molecular complexity index is 938. The van der Waals surface area contributed by atoms with E-state index in [2.05, 4.69) is 10.2 Å². The van der Waals surface area contributed by atoms with Crippen LogP contribution in [0.1, 0.15) is 15.9 Å². The van der Waals surface area contributed by atoms with E-state index in [1.165, 1.54) is 0 Å². The number of benzene rings is 2. The Balaban J connectivity index is 1.89. The minimum atomic E-state index is -0.0353. The van der Waals surface area contributed by atoms with Gasteiger partial charge in [0.1, 0.15) is 5.69 Å². The van der Waals surface area contributed by atoms with E-state index in [9.17, 15) is 4.79 Å². The summed E-state index contributed by atoms with van der Waals surface area (Å²) in [5.74, 6) is -0.0353. The van der Waals surface area contributed by atoms with Crippen LogP contribution in [-0.4, -0.2) is 16.0 Å². The second-order valence-electron chi connectivity index (χ2n) is 4.99. The fourth-order valence-corrected chi connectivity index (χ4v) is 3.13. The Morgan fingerprint density at radius 1 is 0.773 bits per heavy atom. The molecular weight excluding hydrogens is 319 g/mol. The molecule has 1 heterocycles. The highest BCUT2D eigenvalue weighted by Crippen LogP contribution is 2.37. The van der Waals surface area contributed by atoms with Crippen LogP contribution in [0.15, 0.2) is 48.5 Å². The molecule has 2 aromatic carbocycles. The molecule has 0 N–H and O–H groups in total. The van der Waals surface area contributed by atoms with Gasteiger partial charge in [0.05, 0.1) is 16.3 Å². The predicted molar refractivity (Wildman–Crippen MR) is 86.4 cm³/mol. The third-order valence-electron chi connectivity index (χ3n) is 3.67. The lowest BCUT2D eigenvalue weighted by Crippen LogP contribution is -1.98. The molecule has 4 rings (SSSR count). The van der Waals surface area contributed by atoms with E-state index in [1.54, 1.807) is 30.3 Å². The van der Waals surface area contributed by atoms with Crippen LogP contribution in [0.3, 0.4) is 0 Å². The molecule has 1 aliphatic carbocycles. The van der Waals surface area contributed by atoms with E-state index in [4.69, 9.17) is 23.2 Å². The SMILES string of the molecule is O=C1c2ccccc2-c2nnc(-c3ccc(Cl)cc3Cl)cc21. The van der Waals surface area contributed by atoms with Gasteiger partial charge in [0.25, 0.3) is 0 Å². The molecule has 0 saturated carbocycles. The average Bonchev–Trinajstić information content (AvgIpc) is 2.81. The van der Waals surface area contributed by atoms with Crippen molar-refractivity contribution in [3.05, 3.63) is 69.7 Å². The Morgan fingerprint density at radius 2 is 1.55 bits per heavy atom. The minimum absolute atomic E-state index is 0.0353. The van der Waals surface area contributed by atoms with Gasteiger partial charge in [-0.3, -0.25) is 4.79 Å². The normalized spacial score (nSPS) is 12.2. The monoisotopic (exact) mass is 326 g/mol. The first kappa shape index (κ1) is 13.4. The van der Waals surface area contributed by atoms with Crippen LogP contribution in [-0.2, 0) is 0 Å². The number of rotatable bonds is 1. The Kier molecular flexibility index (Phi) is 2.99. The van der Waals surface area contributed by atoms with E-state index in [1.807, 2.05) is 18.2 Å². The van der Waals surface area contributed by atoms with Gasteiger partial charge in [-0.05, 0) is 24.3 Å². The molecule has 0 aliphatic heterocycles. The van der Waals surface area contributed by atoms with Crippen molar-refractivity contribution in [2.75, 3.05) is 0 Å². The number of aromatic nitrogens is 2. The van der Waals surface area contributed by atoms with Crippen molar-refractivity contribution >= 4 is 29.0 Å². The number of carbonyl (C=O) groups excluding carboxylic acids is 1. The molecule has 0 atom stereocenters. The summed E-state index contributed by atoms with van der Waals surface area (Å²) in [4.78, 5) is 12.5. The molecule has 106 valence electrons. The zero-order valence-electron chi connectivity index (χ0n) is 11.2. The first-order valence-corrected chi connectivity index (χ1v) is 7.38. The van der Waals surface area contributed by atoms with Crippen LogP contribution in [0.5, 0.6) is 0 Å². The first-order valence-electron chi connectivity index (χ1n) is 6.62. The van der Waals surface area contributed by atoms with Gasteiger partial charge in [-0.1, -0.05) is 47.5 Å². The van der Waals surface area contributed by atoms with Crippen LogP contribution in [0.4, 0.5) is 0 Å². The molecular formula is C17H8Cl2N2O. The summed E-state index contributed by atoms with van der Waals surface area (Å²) in [7, 11) is 0. The van der Waals surface area contributed by atoms with Crippen molar-refractivity contribution in [1.29, 1.82) is 0 Å². The van der Waals surface area contributed by atoms with E-state index in [0.29, 0.717) is 38.1 Å². The molecule has 0 spiro atoms. The van der Waals surface area contributed by atoms with Crippen LogP contribution < -0.4 is 0 Å². The highest BCUT2D eigenvalue weighted by atomic mass is 35.5. The Labute approximate surface area is 136 Å². The fourth-order valence-electron chi connectivity index (χ4n) is 2.63. The maximum Gasteiger partial charge on any atom is 0.196 e. The summed E-state index contributed by atoms with van der Waals surface area (Å²) < 4.78 is 0. The standard InChI is InChI=1S/C17H8Cl2N2O/c18-9-5-6-12(14(19)7-9)15-8-13-16(21-20-15)10-3-1-2-4-11(10)17(13)22/h1-8H. The van der Waals surface area contributed by atoms with Crippen LogP contribution in [0.25, 0.3) is 22.5 Å². The van der Waals surface area contributed by atoms with Gasteiger partial charge >= 0.3 is 0 Å². The molecule has 0 saturated heterocycles. The smallest absolute Gasteiger partial charge is 0.196 e. The number of fused-ring (bicyclic) bond motifs is 3. The van der Waals surface area contributed by atoms with Gasteiger partial charge in [0.15, 0.2) is 5.78 Å². The van der Waals surface area contributed by atoms with Crippen LogP contribution >= 0.6 is 23.2 Å². The second kappa shape index (κ2) is 4.90. The topological polar surface area (TPSA) is 42.9 Å². The fraction of sp³-hybridized carbons (Fsp3) is 0. The maximum atomic E-state index is 12.5.